The molecule has 9 nitrogen and oxygen atoms in total. The number of amides is 3. The second-order valence-electron chi connectivity index (χ2n) is 12.0. The number of nitrogens with one attached hydrogen (secondary N) is 3. The highest BCUT2D eigenvalue weighted by Crippen LogP contribution is 2.65. The summed E-state index contributed by atoms with van der Waals surface area (Å²) in [6.07, 6.45) is 1.92. The number of hydrogen-bond acceptors (Lipinski definition) is 5. The Kier molecular flexibility index (Phi) is 6.65. The molecule has 0 radical (unpaired) electrons. The number of Topliss-reactive ketones (excluding diaryl/α,β-unsaturated/α-hetero) is 2. The Morgan fingerprint density at radius 1 is 1.13 bits per heavy atom. The van der Waals surface area contributed by atoms with Gasteiger partial charge in [-0.1, -0.05) is 32.0 Å². The fourth-order valence-corrected chi connectivity index (χ4v) is 6.54. The van der Waals surface area contributed by atoms with Crippen molar-refractivity contribution >= 4 is 40.2 Å². The van der Waals surface area contributed by atoms with Crippen LogP contribution in [0, 0.1) is 23.2 Å². The van der Waals surface area contributed by atoms with Gasteiger partial charge in [0.15, 0.2) is 0 Å². The fraction of sp³-hybridized carbons (Fsp3) is 0.552. The first-order chi connectivity index (χ1) is 18.0. The number of piperidine rings is 1. The third-order valence-electron chi connectivity index (χ3n) is 8.73. The molecule has 0 bridgehead atoms. The van der Waals surface area contributed by atoms with Gasteiger partial charge in [-0.3, -0.25) is 24.0 Å². The number of carbonyl (C=O) groups is 5. The van der Waals surface area contributed by atoms with Gasteiger partial charge in [-0.2, -0.15) is 0 Å². The van der Waals surface area contributed by atoms with Gasteiger partial charge in [0, 0.05) is 35.8 Å². The minimum atomic E-state index is -1.13. The van der Waals surface area contributed by atoms with Gasteiger partial charge in [0.1, 0.15) is 17.5 Å². The predicted octanol–water partition coefficient (Wildman–Crippen LogP) is 2.60. The Hall–Kier alpha value is -3.49. The molecule has 38 heavy (non-hydrogen) atoms. The normalized spacial score (nSPS) is 26.3. The maximum atomic E-state index is 13.8. The number of hydrogen-bond donors (Lipinski definition) is 3. The smallest absolute Gasteiger partial charge is 0.289 e. The van der Waals surface area contributed by atoms with Crippen molar-refractivity contribution in [1.29, 1.82) is 0 Å². The van der Waals surface area contributed by atoms with Crippen molar-refractivity contribution in [3.8, 4) is 0 Å². The molecule has 0 spiro atoms. The lowest BCUT2D eigenvalue weighted by molar-refractivity contribution is -0.141. The Morgan fingerprint density at radius 2 is 1.87 bits per heavy atom. The molecule has 3 amide bonds. The van der Waals surface area contributed by atoms with Crippen molar-refractivity contribution in [3.63, 3.8) is 0 Å². The molecule has 1 aromatic carbocycles. The summed E-state index contributed by atoms with van der Waals surface area (Å²) in [5.41, 5.74) is 1.13. The summed E-state index contributed by atoms with van der Waals surface area (Å²) in [6.45, 7) is 8.12. The zero-order valence-electron chi connectivity index (χ0n) is 22.4. The van der Waals surface area contributed by atoms with E-state index >= 15 is 0 Å². The lowest BCUT2D eigenvalue weighted by Gasteiger charge is -2.31. The van der Waals surface area contributed by atoms with E-state index in [-0.39, 0.29) is 47.3 Å². The largest absolute Gasteiger partial charge is 0.351 e. The standard InChI is InChI=1S/C29H36N4O5/c1-15(2)30-27(37)25(35)20(13-17-9-7-11-22(17)34)32-26(36)24-23-18(29(23,3)4)14-33(24)28(38)21-12-16-8-5-6-10-19(16)31-21/h5-6,8,10,12,15,17-18,20,23-24,31H,7,9,11,13-14H2,1-4H3,(H,30,37)(H,32,36). The monoisotopic (exact) mass is 520 g/mol. The highest BCUT2D eigenvalue weighted by Gasteiger charge is 2.69. The van der Waals surface area contributed by atoms with Crippen LogP contribution in [-0.2, 0) is 19.2 Å². The zero-order valence-corrected chi connectivity index (χ0v) is 22.4. The Labute approximate surface area is 222 Å². The van der Waals surface area contributed by atoms with Crippen molar-refractivity contribution in [1.82, 2.24) is 20.5 Å². The van der Waals surface area contributed by atoms with Gasteiger partial charge < -0.3 is 20.5 Å². The number of aromatic amines is 1. The summed E-state index contributed by atoms with van der Waals surface area (Å²) in [7, 11) is 0. The minimum absolute atomic E-state index is 0.0517. The quantitative estimate of drug-likeness (QED) is 0.461. The second kappa shape index (κ2) is 9.67. The summed E-state index contributed by atoms with van der Waals surface area (Å²) in [6, 6.07) is 7.24. The van der Waals surface area contributed by atoms with Gasteiger partial charge in [0.2, 0.25) is 11.7 Å². The molecule has 5 atom stereocenters. The Balaban J connectivity index is 1.39. The molecule has 5 unspecified atom stereocenters. The predicted molar refractivity (Wildman–Crippen MR) is 141 cm³/mol. The number of likely N-dealkylation sites (tertiary alicyclic amines) is 1. The molecule has 2 heterocycles. The van der Waals surface area contributed by atoms with E-state index in [1.165, 1.54) is 0 Å². The van der Waals surface area contributed by atoms with E-state index in [2.05, 4.69) is 29.5 Å². The number of benzene rings is 1. The molecule has 3 fully saturated rings. The molecule has 5 rings (SSSR count). The lowest BCUT2D eigenvalue weighted by atomic mass is 9.93. The fourth-order valence-electron chi connectivity index (χ4n) is 6.54. The van der Waals surface area contributed by atoms with Crippen LogP contribution >= 0.6 is 0 Å². The molecular formula is C29H36N4O5. The average molecular weight is 521 g/mol. The summed E-state index contributed by atoms with van der Waals surface area (Å²) >= 11 is 0. The van der Waals surface area contributed by atoms with Crippen LogP contribution in [0.15, 0.2) is 30.3 Å². The van der Waals surface area contributed by atoms with E-state index in [9.17, 15) is 24.0 Å². The number of carbonyl (C=O) groups excluding carboxylic acids is 5. The maximum absolute atomic E-state index is 13.8. The summed E-state index contributed by atoms with van der Waals surface area (Å²) in [5, 5.41) is 6.32. The number of para-hydroxylation sites is 1. The van der Waals surface area contributed by atoms with Crippen LogP contribution < -0.4 is 10.6 Å². The molecule has 1 aromatic heterocycles. The van der Waals surface area contributed by atoms with Gasteiger partial charge in [-0.25, -0.2) is 0 Å². The van der Waals surface area contributed by atoms with Crippen LogP contribution in [0.2, 0.25) is 0 Å². The van der Waals surface area contributed by atoms with Crippen LogP contribution in [-0.4, -0.2) is 63.8 Å². The molecule has 1 saturated heterocycles. The van der Waals surface area contributed by atoms with E-state index in [1.54, 1.807) is 24.8 Å². The molecule has 2 aliphatic carbocycles. The van der Waals surface area contributed by atoms with Gasteiger partial charge in [-0.05, 0) is 62.5 Å². The average Bonchev–Trinajstić information content (AvgIpc) is 3.38. The molecule has 9 heteroatoms. The SMILES string of the molecule is CC(C)NC(=O)C(=O)C(CC1CCCC1=O)NC(=O)C1C2C(CN1C(=O)c1cc3ccccc3[nH]1)C2(C)C. The van der Waals surface area contributed by atoms with Crippen molar-refractivity contribution in [2.24, 2.45) is 23.2 Å². The van der Waals surface area contributed by atoms with Crippen molar-refractivity contribution in [2.75, 3.05) is 6.54 Å². The summed E-state index contributed by atoms with van der Waals surface area (Å²) < 4.78 is 0. The first-order valence-corrected chi connectivity index (χ1v) is 13.6. The van der Waals surface area contributed by atoms with Crippen molar-refractivity contribution in [3.05, 3.63) is 36.0 Å². The summed E-state index contributed by atoms with van der Waals surface area (Å²) in [4.78, 5) is 70.3. The van der Waals surface area contributed by atoms with Crippen molar-refractivity contribution < 1.29 is 24.0 Å². The molecule has 3 N–H and O–H groups in total. The van der Waals surface area contributed by atoms with Gasteiger partial charge in [-0.15, -0.1) is 0 Å². The summed E-state index contributed by atoms with van der Waals surface area (Å²) in [5.74, 6) is -2.45. The highest BCUT2D eigenvalue weighted by molar-refractivity contribution is 6.38. The van der Waals surface area contributed by atoms with Gasteiger partial charge >= 0.3 is 0 Å². The molecular weight excluding hydrogens is 484 g/mol. The minimum Gasteiger partial charge on any atom is -0.351 e. The van der Waals surface area contributed by atoms with Crippen LogP contribution in [0.25, 0.3) is 10.9 Å². The van der Waals surface area contributed by atoms with E-state index in [0.29, 0.717) is 25.1 Å². The molecule has 202 valence electrons. The van der Waals surface area contributed by atoms with E-state index in [4.69, 9.17) is 0 Å². The van der Waals surface area contributed by atoms with Gasteiger partial charge in [0.25, 0.3) is 11.8 Å². The zero-order chi connectivity index (χ0) is 27.4. The molecule has 2 saturated carbocycles. The number of nitrogens with zero attached hydrogens (tertiary/aromatic N) is 1. The van der Waals surface area contributed by atoms with E-state index in [0.717, 1.165) is 17.3 Å². The molecule has 1 aliphatic heterocycles. The van der Waals surface area contributed by atoms with E-state index < -0.39 is 29.7 Å². The third-order valence-corrected chi connectivity index (χ3v) is 8.73. The number of rotatable bonds is 8. The van der Waals surface area contributed by atoms with E-state index in [1.807, 2.05) is 24.3 Å². The number of ketones is 2. The number of aromatic nitrogens is 1. The second-order valence-corrected chi connectivity index (χ2v) is 12.0. The topological polar surface area (TPSA) is 128 Å². The Bertz CT molecular complexity index is 1280. The first-order valence-electron chi connectivity index (χ1n) is 13.6. The molecule has 2 aromatic rings. The van der Waals surface area contributed by atoms with Crippen LogP contribution in [0.5, 0.6) is 0 Å². The third kappa shape index (κ3) is 4.63. The van der Waals surface area contributed by atoms with Crippen LogP contribution in [0.4, 0.5) is 0 Å². The lowest BCUT2D eigenvalue weighted by Crippen LogP contribution is -2.56. The van der Waals surface area contributed by atoms with Crippen LogP contribution in [0.1, 0.15) is 63.9 Å². The van der Waals surface area contributed by atoms with Crippen LogP contribution in [0.3, 0.4) is 0 Å². The van der Waals surface area contributed by atoms with Crippen molar-refractivity contribution in [2.45, 2.75) is 71.5 Å². The highest BCUT2D eigenvalue weighted by atomic mass is 16.2. The number of fused-ring (bicyclic) bond motifs is 2. The maximum Gasteiger partial charge on any atom is 0.289 e. The number of H-pyrrole nitrogens is 1. The first kappa shape index (κ1) is 26.1. The van der Waals surface area contributed by atoms with Gasteiger partial charge in [0.05, 0.1) is 6.04 Å². The molecule has 3 aliphatic rings. The Morgan fingerprint density at radius 3 is 2.53 bits per heavy atom.